The molecule has 0 aromatic rings. The number of carbonyl (C=O) groups excluding carboxylic acids is 1. The first-order valence-electron chi connectivity index (χ1n) is 5.59. The highest BCUT2D eigenvalue weighted by molar-refractivity contribution is 5.70. The second kappa shape index (κ2) is 3.11. The maximum Gasteiger partial charge on any atom is 0.410 e. The molecule has 1 aliphatic heterocycles. The lowest BCUT2D eigenvalue weighted by molar-refractivity contribution is 0.0202. The quantitative estimate of drug-likeness (QED) is 0.662. The minimum Gasteiger partial charge on any atom is -0.444 e. The second-order valence-corrected chi connectivity index (χ2v) is 5.78. The van der Waals surface area contributed by atoms with Crippen LogP contribution in [0.4, 0.5) is 4.79 Å². The van der Waals surface area contributed by atoms with Crippen LogP contribution in [0.3, 0.4) is 0 Å². The second-order valence-electron chi connectivity index (χ2n) is 5.78. The molecule has 0 bridgehead atoms. The maximum absolute atomic E-state index is 11.9. The Hall–Kier alpha value is -0.770. The largest absolute Gasteiger partial charge is 0.444 e. The van der Waals surface area contributed by atoms with Crippen molar-refractivity contribution in [3.8, 4) is 0 Å². The van der Waals surface area contributed by atoms with Gasteiger partial charge in [-0.3, -0.25) is 0 Å². The summed E-state index contributed by atoms with van der Waals surface area (Å²) in [6, 6.07) is 0.125. The van der Waals surface area contributed by atoms with Crippen LogP contribution in [0.25, 0.3) is 0 Å². The molecule has 0 radical (unpaired) electrons. The average Bonchev–Trinajstić information content (AvgIpc) is 2.68. The molecule has 2 aliphatic rings. The van der Waals surface area contributed by atoms with Gasteiger partial charge in [0.25, 0.3) is 0 Å². The van der Waals surface area contributed by atoms with E-state index in [1.807, 2.05) is 25.7 Å². The number of carbonyl (C=O) groups is 1. The first-order valence-corrected chi connectivity index (χ1v) is 5.59. The first kappa shape index (κ1) is 10.7. The first-order chi connectivity index (χ1) is 6.82. The number of nitrogens with two attached hydrogens (primary N) is 1. The Morgan fingerprint density at radius 3 is 2.53 bits per heavy atom. The van der Waals surface area contributed by atoms with Crippen LogP contribution in [0, 0.1) is 0 Å². The van der Waals surface area contributed by atoms with E-state index in [1.54, 1.807) is 0 Å². The van der Waals surface area contributed by atoms with Crippen LogP contribution in [-0.4, -0.2) is 34.7 Å². The van der Waals surface area contributed by atoms with E-state index in [4.69, 9.17) is 10.5 Å². The SMILES string of the molecule is CC(C)(C)OC(=O)N1C[C@H](N)CC12CC2. The molecule has 4 heteroatoms. The van der Waals surface area contributed by atoms with E-state index < -0.39 is 5.60 Å². The van der Waals surface area contributed by atoms with E-state index in [2.05, 4.69) is 0 Å². The molecule has 1 saturated carbocycles. The van der Waals surface area contributed by atoms with Gasteiger partial charge in [0.15, 0.2) is 0 Å². The van der Waals surface area contributed by atoms with Crippen molar-refractivity contribution in [3.63, 3.8) is 0 Å². The van der Waals surface area contributed by atoms with Gasteiger partial charge >= 0.3 is 6.09 Å². The van der Waals surface area contributed by atoms with E-state index in [-0.39, 0.29) is 17.7 Å². The molecule has 0 aromatic heterocycles. The van der Waals surface area contributed by atoms with Crippen LogP contribution in [0.5, 0.6) is 0 Å². The van der Waals surface area contributed by atoms with E-state index in [1.165, 1.54) is 0 Å². The van der Waals surface area contributed by atoms with E-state index in [0.29, 0.717) is 6.54 Å². The summed E-state index contributed by atoms with van der Waals surface area (Å²) in [7, 11) is 0. The fourth-order valence-corrected chi connectivity index (χ4v) is 2.29. The summed E-state index contributed by atoms with van der Waals surface area (Å²) >= 11 is 0. The van der Waals surface area contributed by atoms with Crippen LogP contribution in [0.1, 0.15) is 40.0 Å². The predicted octanol–water partition coefficient (Wildman–Crippen LogP) is 1.49. The number of nitrogens with zero attached hydrogens (tertiary/aromatic N) is 1. The lowest BCUT2D eigenvalue weighted by Crippen LogP contribution is -2.41. The molecular weight excluding hydrogens is 192 g/mol. The number of rotatable bonds is 0. The summed E-state index contributed by atoms with van der Waals surface area (Å²) in [5.41, 5.74) is 5.53. The number of amides is 1. The molecule has 2 N–H and O–H groups in total. The van der Waals surface area contributed by atoms with Crippen molar-refractivity contribution in [2.24, 2.45) is 5.73 Å². The van der Waals surface area contributed by atoms with Crippen LogP contribution in [0.15, 0.2) is 0 Å². The molecule has 1 amide bonds. The number of hydrogen-bond acceptors (Lipinski definition) is 3. The third-order valence-corrected chi connectivity index (χ3v) is 3.07. The third-order valence-electron chi connectivity index (χ3n) is 3.07. The van der Waals surface area contributed by atoms with Crippen molar-refractivity contribution in [3.05, 3.63) is 0 Å². The smallest absolute Gasteiger partial charge is 0.410 e. The highest BCUT2D eigenvalue weighted by Gasteiger charge is 2.56. The van der Waals surface area contributed by atoms with Crippen molar-refractivity contribution >= 4 is 6.09 Å². The monoisotopic (exact) mass is 212 g/mol. The molecule has 1 aliphatic carbocycles. The highest BCUT2D eigenvalue weighted by atomic mass is 16.6. The standard InChI is InChI=1S/C11H20N2O2/c1-10(2,3)15-9(14)13-7-8(12)6-11(13)4-5-11/h8H,4-7,12H2,1-3H3/t8-/m1/s1. The molecule has 1 atom stereocenters. The Labute approximate surface area is 90.8 Å². The minimum atomic E-state index is -0.417. The number of likely N-dealkylation sites (tertiary alicyclic amines) is 1. The lowest BCUT2D eigenvalue weighted by atomic mass is 10.1. The van der Waals surface area contributed by atoms with E-state index in [0.717, 1.165) is 19.3 Å². The minimum absolute atomic E-state index is 0.0573. The lowest BCUT2D eigenvalue weighted by Gasteiger charge is -2.28. The third kappa shape index (κ3) is 2.09. The zero-order valence-corrected chi connectivity index (χ0v) is 9.75. The molecule has 0 unspecified atom stereocenters. The normalized spacial score (nSPS) is 28.3. The van der Waals surface area contributed by atoms with Crippen molar-refractivity contribution in [1.82, 2.24) is 4.90 Å². The predicted molar refractivity (Wildman–Crippen MR) is 57.5 cm³/mol. The van der Waals surface area contributed by atoms with Crippen molar-refractivity contribution in [2.75, 3.05) is 6.54 Å². The Bertz CT molecular complexity index is 279. The molecule has 1 heterocycles. The van der Waals surface area contributed by atoms with Crippen molar-refractivity contribution < 1.29 is 9.53 Å². The zero-order chi connectivity index (χ0) is 11.3. The Kier molecular flexibility index (Phi) is 2.23. The Morgan fingerprint density at radius 1 is 1.47 bits per heavy atom. The summed E-state index contributed by atoms with van der Waals surface area (Å²) in [6.07, 6.45) is 2.90. The van der Waals surface area contributed by atoms with Gasteiger partial charge in [-0.1, -0.05) is 0 Å². The summed E-state index contributed by atoms with van der Waals surface area (Å²) in [4.78, 5) is 13.7. The summed E-state index contributed by atoms with van der Waals surface area (Å²) in [6.45, 7) is 6.32. The van der Waals surface area contributed by atoms with Gasteiger partial charge in [0, 0.05) is 18.1 Å². The molecule has 2 fully saturated rings. The molecule has 2 rings (SSSR count). The van der Waals surface area contributed by atoms with E-state index >= 15 is 0 Å². The van der Waals surface area contributed by atoms with Gasteiger partial charge in [-0.2, -0.15) is 0 Å². The summed E-state index contributed by atoms with van der Waals surface area (Å²) in [5.74, 6) is 0. The molecule has 1 spiro atoms. The Morgan fingerprint density at radius 2 is 2.07 bits per heavy atom. The highest BCUT2D eigenvalue weighted by Crippen LogP contribution is 2.49. The maximum atomic E-state index is 11.9. The van der Waals surface area contributed by atoms with Gasteiger partial charge < -0.3 is 15.4 Å². The molecule has 0 aromatic carbocycles. The van der Waals surface area contributed by atoms with Crippen LogP contribution < -0.4 is 5.73 Å². The fraction of sp³-hybridized carbons (Fsp3) is 0.909. The van der Waals surface area contributed by atoms with Crippen molar-refractivity contribution in [2.45, 2.75) is 57.2 Å². The van der Waals surface area contributed by atoms with E-state index in [9.17, 15) is 4.79 Å². The number of ether oxygens (including phenoxy) is 1. The summed E-state index contributed by atoms with van der Waals surface area (Å²) in [5, 5.41) is 0. The molecule has 1 saturated heterocycles. The molecule has 4 nitrogen and oxygen atoms in total. The molecule has 86 valence electrons. The van der Waals surface area contributed by atoms with Gasteiger partial charge in [0.05, 0.1) is 0 Å². The molecule has 15 heavy (non-hydrogen) atoms. The van der Waals surface area contributed by atoms with Gasteiger partial charge in [0.1, 0.15) is 5.60 Å². The van der Waals surface area contributed by atoms with Crippen LogP contribution in [0.2, 0.25) is 0 Å². The van der Waals surface area contributed by atoms with Crippen molar-refractivity contribution in [1.29, 1.82) is 0 Å². The zero-order valence-electron chi connectivity index (χ0n) is 9.75. The van der Waals surface area contributed by atoms with Crippen LogP contribution >= 0.6 is 0 Å². The van der Waals surface area contributed by atoms with Crippen LogP contribution in [-0.2, 0) is 4.74 Å². The average molecular weight is 212 g/mol. The van der Waals surface area contributed by atoms with Gasteiger partial charge in [-0.05, 0) is 40.0 Å². The topological polar surface area (TPSA) is 55.6 Å². The molecular formula is C11H20N2O2. The van der Waals surface area contributed by atoms with Gasteiger partial charge in [0.2, 0.25) is 0 Å². The number of hydrogen-bond donors (Lipinski definition) is 1. The summed E-state index contributed by atoms with van der Waals surface area (Å²) < 4.78 is 5.38. The Balaban J connectivity index is 2.02. The fourth-order valence-electron chi connectivity index (χ4n) is 2.29. The van der Waals surface area contributed by atoms with Gasteiger partial charge in [-0.25, -0.2) is 4.79 Å². The van der Waals surface area contributed by atoms with Gasteiger partial charge in [-0.15, -0.1) is 0 Å².